The summed E-state index contributed by atoms with van der Waals surface area (Å²) in [7, 11) is 0. The number of thiazole rings is 1. The number of benzene rings is 2. The molecule has 6 rings (SSSR count). The number of fused-ring (bicyclic) bond motifs is 1. The molecule has 2 N–H and O–H groups in total. The third-order valence-corrected chi connectivity index (χ3v) is 6.67. The highest BCUT2D eigenvalue weighted by Gasteiger charge is 2.12. The number of carbonyl (C=O) groups is 1. The molecule has 7 nitrogen and oxygen atoms in total. The number of pyridine rings is 1. The summed E-state index contributed by atoms with van der Waals surface area (Å²) >= 11 is 1.52. The Balaban J connectivity index is 0.00000108. The maximum absolute atomic E-state index is 12.9. The lowest BCUT2D eigenvalue weighted by Crippen LogP contribution is -2.12. The Bertz CT molecular complexity index is 1680. The summed E-state index contributed by atoms with van der Waals surface area (Å²) in [6.45, 7) is 5.98. The van der Waals surface area contributed by atoms with Crippen molar-refractivity contribution in [1.82, 2.24) is 18.9 Å². The van der Waals surface area contributed by atoms with E-state index in [4.69, 9.17) is 4.98 Å². The molecular formula is C30H32N6OS. The molecule has 0 saturated heterocycles. The molecule has 194 valence electrons. The molecule has 0 saturated carbocycles. The number of carbonyl (C=O) groups excluding carboxylic acids is 1. The molecule has 0 aliphatic heterocycles. The summed E-state index contributed by atoms with van der Waals surface area (Å²) in [6, 6.07) is 23.3. The molecule has 0 atom stereocenters. The third-order valence-electron chi connectivity index (χ3n) is 5.91. The highest BCUT2D eigenvalue weighted by Crippen LogP contribution is 2.28. The lowest BCUT2D eigenvalue weighted by atomic mass is 10.2. The van der Waals surface area contributed by atoms with E-state index in [2.05, 4.69) is 15.6 Å². The van der Waals surface area contributed by atoms with Crippen molar-refractivity contribution >= 4 is 39.4 Å². The Hall–Kier alpha value is -4.69. The van der Waals surface area contributed by atoms with Crippen molar-refractivity contribution in [1.29, 1.82) is 0 Å². The molecular weight excluding hydrogens is 492 g/mol. The fourth-order valence-corrected chi connectivity index (χ4v) is 4.75. The van der Waals surface area contributed by atoms with E-state index in [1.807, 2.05) is 121 Å². The Morgan fingerprint density at radius 1 is 0.947 bits per heavy atom. The van der Waals surface area contributed by atoms with Crippen molar-refractivity contribution in [3.05, 3.63) is 114 Å². The first-order valence-electron chi connectivity index (χ1n) is 12.4. The van der Waals surface area contributed by atoms with Gasteiger partial charge in [0.05, 0.1) is 17.6 Å². The van der Waals surface area contributed by atoms with E-state index in [1.165, 1.54) is 11.3 Å². The number of hydrogen-bond acceptors (Lipinski definition) is 5. The van der Waals surface area contributed by atoms with Crippen LogP contribution in [-0.2, 0) is 0 Å². The predicted molar refractivity (Wildman–Crippen MR) is 160 cm³/mol. The first kappa shape index (κ1) is 25.0. The number of rotatable bonds is 6. The quantitative estimate of drug-likeness (QED) is 0.231. The van der Waals surface area contributed by atoms with Gasteiger partial charge in [0.1, 0.15) is 11.3 Å². The summed E-state index contributed by atoms with van der Waals surface area (Å²) in [4.78, 5) is 22.0. The molecule has 8 heteroatoms. The van der Waals surface area contributed by atoms with E-state index < -0.39 is 0 Å². The molecule has 38 heavy (non-hydrogen) atoms. The van der Waals surface area contributed by atoms with Crippen molar-refractivity contribution in [2.75, 3.05) is 10.6 Å². The number of hydrogen-bond donors (Lipinski definition) is 2. The van der Waals surface area contributed by atoms with Gasteiger partial charge < -0.3 is 15.2 Å². The standard InChI is InChI=1S/C28H22N6OS.C2H6.2H2/c1-19-16-33(22-7-3-2-4-8-22)17-23(19)31-27(35)20-10-12-21(13-11-20)30-28-32-24(18-36-28)25-15-29-26-9-5-6-14-34(25)26;1-2;;/h2-18H,1H3,(H,30,32)(H,31,35);1-2H3;2*1H. The van der Waals surface area contributed by atoms with Gasteiger partial charge in [-0.1, -0.05) is 38.1 Å². The summed E-state index contributed by atoms with van der Waals surface area (Å²) in [5.41, 5.74) is 6.95. The molecule has 6 aromatic rings. The van der Waals surface area contributed by atoms with Gasteiger partial charge in [0, 0.05) is 43.8 Å². The van der Waals surface area contributed by atoms with Crippen LogP contribution in [0.4, 0.5) is 16.5 Å². The van der Waals surface area contributed by atoms with Crippen LogP contribution in [0.25, 0.3) is 22.7 Å². The van der Waals surface area contributed by atoms with Crippen LogP contribution in [0.5, 0.6) is 0 Å². The third kappa shape index (κ3) is 5.21. The van der Waals surface area contributed by atoms with Gasteiger partial charge in [0.15, 0.2) is 5.13 Å². The number of aromatic nitrogens is 4. The maximum Gasteiger partial charge on any atom is 0.255 e. The average Bonchev–Trinajstić information content (AvgIpc) is 3.69. The second kappa shape index (κ2) is 11.1. The highest BCUT2D eigenvalue weighted by molar-refractivity contribution is 7.14. The van der Waals surface area contributed by atoms with Crippen molar-refractivity contribution in [3.63, 3.8) is 0 Å². The number of imidazole rings is 1. The smallest absolute Gasteiger partial charge is 0.255 e. The van der Waals surface area contributed by atoms with E-state index >= 15 is 0 Å². The van der Waals surface area contributed by atoms with E-state index in [1.54, 1.807) is 12.1 Å². The molecule has 1 amide bonds. The van der Waals surface area contributed by atoms with Crippen molar-refractivity contribution in [2.45, 2.75) is 20.8 Å². The van der Waals surface area contributed by atoms with Gasteiger partial charge in [-0.2, -0.15) is 0 Å². The molecule has 0 aliphatic carbocycles. The molecule has 2 aromatic carbocycles. The lowest BCUT2D eigenvalue weighted by Gasteiger charge is -2.07. The number of amides is 1. The minimum atomic E-state index is -0.153. The van der Waals surface area contributed by atoms with E-state index in [0.29, 0.717) is 5.56 Å². The molecule has 0 bridgehead atoms. The molecule has 0 fully saturated rings. The first-order chi connectivity index (χ1) is 18.6. The van der Waals surface area contributed by atoms with Gasteiger partial charge in [0.25, 0.3) is 5.91 Å². The van der Waals surface area contributed by atoms with Gasteiger partial charge >= 0.3 is 0 Å². The van der Waals surface area contributed by atoms with Crippen molar-refractivity contribution in [3.8, 4) is 17.1 Å². The largest absolute Gasteiger partial charge is 0.332 e. The van der Waals surface area contributed by atoms with Gasteiger partial charge in [-0.25, -0.2) is 9.97 Å². The summed E-state index contributed by atoms with van der Waals surface area (Å²) in [5.74, 6) is -0.153. The lowest BCUT2D eigenvalue weighted by molar-refractivity contribution is 0.102. The Morgan fingerprint density at radius 3 is 2.50 bits per heavy atom. The Morgan fingerprint density at radius 2 is 1.71 bits per heavy atom. The zero-order chi connectivity index (χ0) is 26.5. The minimum absolute atomic E-state index is 0. The molecule has 0 aliphatic rings. The monoisotopic (exact) mass is 524 g/mol. The van der Waals surface area contributed by atoms with Crippen LogP contribution in [0.15, 0.2) is 103 Å². The minimum Gasteiger partial charge on any atom is -0.332 e. The van der Waals surface area contributed by atoms with Crippen LogP contribution >= 0.6 is 11.3 Å². The number of anilines is 3. The zero-order valence-electron chi connectivity index (χ0n) is 21.4. The normalized spacial score (nSPS) is 10.6. The predicted octanol–water partition coefficient (Wildman–Crippen LogP) is 8.07. The van der Waals surface area contributed by atoms with Crippen LogP contribution < -0.4 is 10.6 Å². The number of para-hydroxylation sites is 1. The van der Waals surface area contributed by atoms with Crippen molar-refractivity contribution in [2.24, 2.45) is 0 Å². The fraction of sp³-hybridized carbons (Fsp3) is 0.100. The second-order valence-electron chi connectivity index (χ2n) is 8.36. The summed E-state index contributed by atoms with van der Waals surface area (Å²) < 4.78 is 4.02. The van der Waals surface area contributed by atoms with E-state index in [9.17, 15) is 4.79 Å². The van der Waals surface area contributed by atoms with Crippen LogP contribution in [0.1, 0.15) is 32.6 Å². The van der Waals surface area contributed by atoms with Crippen LogP contribution in [0, 0.1) is 6.92 Å². The van der Waals surface area contributed by atoms with Crippen LogP contribution in [-0.4, -0.2) is 24.8 Å². The summed E-state index contributed by atoms with van der Waals surface area (Å²) in [5, 5.41) is 9.12. The summed E-state index contributed by atoms with van der Waals surface area (Å²) in [6.07, 6.45) is 7.75. The van der Waals surface area contributed by atoms with Gasteiger partial charge in [-0.05, 0) is 61.0 Å². The Kier molecular flexibility index (Phi) is 7.33. The van der Waals surface area contributed by atoms with Gasteiger partial charge in [-0.15, -0.1) is 11.3 Å². The Labute approximate surface area is 228 Å². The fourth-order valence-electron chi connectivity index (χ4n) is 4.03. The molecule has 0 radical (unpaired) electrons. The zero-order valence-corrected chi connectivity index (χ0v) is 22.2. The highest BCUT2D eigenvalue weighted by atomic mass is 32.1. The molecule has 0 unspecified atom stereocenters. The topological polar surface area (TPSA) is 76.2 Å². The molecule has 0 spiro atoms. The van der Waals surface area contributed by atoms with Gasteiger partial charge in [0.2, 0.25) is 0 Å². The second-order valence-corrected chi connectivity index (χ2v) is 9.22. The molecule has 4 heterocycles. The first-order valence-corrected chi connectivity index (χ1v) is 13.3. The van der Waals surface area contributed by atoms with Gasteiger partial charge in [-0.3, -0.25) is 9.20 Å². The maximum atomic E-state index is 12.9. The SMILES string of the molecule is CC.Cc1cn(-c2ccccc2)cc1NC(=O)c1ccc(Nc2nc(-c3cnc4ccccn34)cs2)cc1.[HH].[HH]. The average molecular weight is 525 g/mol. The van der Waals surface area contributed by atoms with E-state index in [-0.39, 0.29) is 8.76 Å². The molecule has 4 aromatic heterocycles. The van der Waals surface area contributed by atoms with Crippen LogP contribution in [0.2, 0.25) is 0 Å². The van der Waals surface area contributed by atoms with Crippen molar-refractivity contribution < 1.29 is 7.65 Å². The number of nitrogens with zero attached hydrogens (tertiary/aromatic N) is 4. The van der Waals surface area contributed by atoms with Crippen LogP contribution in [0.3, 0.4) is 0 Å². The number of nitrogens with one attached hydrogen (secondary N) is 2. The number of aryl methyl sites for hydroxylation is 1. The van der Waals surface area contributed by atoms with E-state index in [0.717, 1.165) is 44.8 Å².